The molecule has 0 fully saturated rings. The molecule has 0 amide bonds. The Hall–Kier alpha value is -1.20. The molecule has 0 aliphatic rings. The Labute approximate surface area is 127 Å². The Morgan fingerprint density at radius 3 is 2.80 bits per heavy atom. The second-order valence-electron chi connectivity index (χ2n) is 4.84. The van der Waals surface area contributed by atoms with Gasteiger partial charge >= 0.3 is 0 Å². The van der Waals surface area contributed by atoms with E-state index in [4.69, 9.17) is 0 Å². The van der Waals surface area contributed by atoms with E-state index in [0.717, 1.165) is 29.8 Å². The monoisotopic (exact) mass is 339 g/mol. The van der Waals surface area contributed by atoms with Gasteiger partial charge in [-0.15, -0.1) is 0 Å². The lowest BCUT2D eigenvalue weighted by atomic mass is 9.99. The third-order valence-electron chi connectivity index (χ3n) is 3.55. The Balaban J connectivity index is 2.30. The molecule has 0 saturated carbocycles. The molecule has 0 radical (unpaired) electrons. The van der Waals surface area contributed by atoms with Crippen LogP contribution in [0.5, 0.6) is 0 Å². The predicted molar refractivity (Wildman–Crippen MR) is 82.2 cm³/mol. The summed E-state index contributed by atoms with van der Waals surface area (Å²) >= 11 is 3.33. The Morgan fingerprint density at radius 2 is 2.20 bits per heavy atom. The van der Waals surface area contributed by atoms with E-state index in [1.54, 1.807) is 6.07 Å². The van der Waals surface area contributed by atoms with Crippen LogP contribution in [0, 0.1) is 12.7 Å². The van der Waals surface area contributed by atoms with Gasteiger partial charge in [0, 0.05) is 24.3 Å². The van der Waals surface area contributed by atoms with Gasteiger partial charge in [0.05, 0.1) is 10.7 Å². The fourth-order valence-electron chi connectivity index (χ4n) is 2.32. The smallest absolute Gasteiger partial charge is 0.137 e. The summed E-state index contributed by atoms with van der Waals surface area (Å²) in [7, 11) is 1.93. The lowest BCUT2D eigenvalue weighted by Crippen LogP contribution is -2.23. The molecule has 2 aromatic rings. The van der Waals surface area contributed by atoms with E-state index in [1.165, 1.54) is 6.07 Å². The zero-order valence-electron chi connectivity index (χ0n) is 12.0. The first-order valence-corrected chi connectivity index (χ1v) is 7.48. The quantitative estimate of drug-likeness (QED) is 0.903. The second kappa shape index (κ2) is 6.50. The summed E-state index contributed by atoms with van der Waals surface area (Å²) in [6, 6.07) is 5.29. The van der Waals surface area contributed by atoms with E-state index >= 15 is 0 Å². The molecule has 0 aliphatic heterocycles. The maximum absolute atomic E-state index is 13.6. The van der Waals surface area contributed by atoms with Gasteiger partial charge in [-0.25, -0.2) is 4.39 Å². The van der Waals surface area contributed by atoms with Crippen LogP contribution in [0.15, 0.2) is 28.9 Å². The van der Waals surface area contributed by atoms with Crippen molar-refractivity contribution in [2.45, 2.75) is 26.3 Å². The van der Waals surface area contributed by atoms with Gasteiger partial charge in [0.25, 0.3) is 0 Å². The maximum atomic E-state index is 13.6. The third kappa shape index (κ3) is 3.10. The molecule has 0 aliphatic carbocycles. The van der Waals surface area contributed by atoms with Crippen LogP contribution in [0.25, 0.3) is 0 Å². The van der Waals surface area contributed by atoms with Crippen molar-refractivity contribution in [1.82, 2.24) is 15.1 Å². The summed E-state index contributed by atoms with van der Waals surface area (Å²) in [6.07, 6.45) is 2.61. The number of halogens is 2. The van der Waals surface area contributed by atoms with Crippen molar-refractivity contribution in [3.63, 3.8) is 0 Å². The van der Waals surface area contributed by atoms with E-state index in [9.17, 15) is 4.39 Å². The average molecular weight is 340 g/mol. The van der Waals surface area contributed by atoms with E-state index in [1.807, 2.05) is 30.9 Å². The summed E-state index contributed by atoms with van der Waals surface area (Å²) < 4.78 is 16.0. The van der Waals surface area contributed by atoms with Crippen LogP contribution >= 0.6 is 15.9 Å². The second-order valence-corrected chi connectivity index (χ2v) is 5.63. The van der Waals surface area contributed by atoms with Gasteiger partial charge in [0.15, 0.2) is 0 Å². The number of benzene rings is 1. The Kier molecular flexibility index (Phi) is 4.94. The van der Waals surface area contributed by atoms with E-state index in [2.05, 4.69) is 33.3 Å². The highest BCUT2D eigenvalue weighted by Crippen LogP contribution is 2.27. The number of hydrogen-bond donors (Lipinski definition) is 1. The molecule has 5 heteroatoms. The highest BCUT2D eigenvalue weighted by atomic mass is 79.9. The van der Waals surface area contributed by atoms with Crippen LogP contribution in [-0.2, 0) is 13.5 Å². The van der Waals surface area contributed by atoms with Crippen LogP contribution in [0.4, 0.5) is 4.39 Å². The van der Waals surface area contributed by atoms with Gasteiger partial charge in [-0.1, -0.05) is 19.1 Å². The minimum Gasteiger partial charge on any atom is -0.310 e. The molecule has 20 heavy (non-hydrogen) atoms. The molecular formula is C15H19BrFN3. The number of hydrogen-bond acceptors (Lipinski definition) is 2. The van der Waals surface area contributed by atoms with E-state index in [0.29, 0.717) is 4.47 Å². The molecule has 1 heterocycles. The summed E-state index contributed by atoms with van der Waals surface area (Å²) in [5.74, 6) is -0.222. The van der Waals surface area contributed by atoms with Gasteiger partial charge < -0.3 is 5.32 Å². The molecule has 1 aromatic heterocycles. The van der Waals surface area contributed by atoms with Crippen LogP contribution in [0.2, 0.25) is 0 Å². The fraction of sp³-hybridized carbons (Fsp3) is 0.400. The first-order valence-electron chi connectivity index (χ1n) is 6.69. The summed E-state index contributed by atoms with van der Waals surface area (Å²) in [4.78, 5) is 0. The van der Waals surface area contributed by atoms with Crippen molar-refractivity contribution >= 4 is 15.9 Å². The van der Waals surface area contributed by atoms with Crippen molar-refractivity contribution in [1.29, 1.82) is 0 Å². The number of nitrogens with one attached hydrogen (secondary N) is 1. The number of aryl methyl sites for hydroxylation is 1. The van der Waals surface area contributed by atoms with Crippen molar-refractivity contribution < 1.29 is 4.39 Å². The van der Waals surface area contributed by atoms with Crippen molar-refractivity contribution in [2.24, 2.45) is 7.05 Å². The molecular weight excluding hydrogens is 321 g/mol. The van der Waals surface area contributed by atoms with Crippen LogP contribution in [0.1, 0.15) is 29.8 Å². The standard InChI is InChI=1S/C15H19BrFN3/c1-4-18-14(12-9-19-20(3)10(12)2)8-11-6-5-7-13(17)15(11)16/h5-7,9,14,18H,4,8H2,1-3H3. The molecule has 0 bridgehead atoms. The van der Waals surface area contributed by atoms with Crippen LogP contribution in [-0.4, -0.2) is 16.3 Å². The molecule has 2 rings (SSSR count). The zero-order chi connectivity index (χ0) is 14.7. The third-order valence-corrected chi connectivity index (χ3v) is 4.44. The molecule has 1 N–H and O–H groups in total. The van der Waals surface area contributed by atoms with Gasteiger partial charge in [0.2, 0.25) is 0 Å². The number of aromatic nitrogens is 2. The largest absolute Gasteiger partial charge is 0.310 e. The van der Waals surface area contributed by atoms with Gasteiger partial charge in [0.1, 0.15) is 5.82 Å². The minimum absolute atomic E-state index is 0.131. The minimum atomic E-state index is -0.222. The molecule has 0 spiro atoms. The Bertz CT molecular complexity index is 595. The number of nitrogens with zero attached hydrogens (tertiary/aromatic N) is 2. The molecule has 0 saturated heterocycles. The first kappa shape index (κ1) is 15.2. The fourth-order valence-corrected chi connectivity index (χ4v) is 2.75. The summed E-state index contributed by atoms with van der Waals surface area (Å²) in [5, 5.41) is 7.74. The molecule has 3 nitrogen and oxygen atoms in total. The maximum Gasteiger partial charge on any atom is 0.137 e. The lowest BCUT2D eigenvalue weighted by Gasteiger charge is -2.19. The average Bonchev–Trinajstić information content (AvgIpc) is 2.75. The van der Waals surface area contributed by atoms with Crippen molar-refractivity contribution in [2.75, 3.05) is 6.54 Å². The normalized spacial score (nSPS) is 12.7. The summed E-state index contributed by atoms with van der Waals surface area (Å²) in [6.45, 7) is 4.97. The van der Waals surface area contributed by atoms with Gasteiger partial charge in [-0.2, -0.15) is 5.10 Å². The molecule has 1 atom stereocenters. The molecule has 108 valence electrons. The highest BCUT2D eigenvalue weighted by molar-refractivity contribution is 9.10. The van der Waals surface area contributed by atoms with E-state index < -0.39 is 0 Å². The topological polar surface area (TPSA) is 29.9 Å². The number of rotatable bonds is 5. The Morgan fingerprint density at radius 1 is 1.45 bits per heavy atom. The molecule has 1 unspecified atom stereocenters. The van der Waals surface area contributed by atoms with Crippen molar-refractivity contribution in [3.8, 4) is 0 Å². The van der Waals surface area contributed by atoms with Crippen LogP contribution in [0.3, 0.4) is 0 Å². The van der Waals surface area contributed by atoms with Crippen LogP contribution < -0.4 is 5.32 Å². The SMILES string of the molecule is CCNC(Cc1cccc(F)c1Br)c1cnn(C)c1C. The van der Waals surface area contributed by atoms with Crippen molar-refractivity contribution in [3.05, 3.63) is 51.5 Å². The van der Waals surface area contributed by atoms with Gasteiger partial charge in [-0.05, 0) is 47.4 Å². The van der Waals surface area contributed by atoms with Gasteiger partial charge in [-0.3, -0.25) is 4.68 Å². The lowest BCUT2D eigenvalue weighted by molar-refractivity contribution is 0.541. The highest BCUT2D eigenvalue weighted by Gasteiger charge is 2.18. The summed E-state index contributed by atoms with van der Waals surface area (Å²) in [5.41, 5.74) is 3.24. The molecule has 1 aromatic carbocycles. The van der Waals surface area contributed by atoms with E-state index in [-0.39, 0.29) is 11.9 Å². The first-order chi connectivity index (χ1) is 9.54. The zero-order valence-corrected chi connectivity index (χ0v) is 13.5. The number of likely N-dealkylation sites (N-methyl/N-ethyl adjacent to an activating group) is 1. The predicted octanol–water partition coefficient (Wildman–Crippen LogP) is 3.52.